The summed E-state index contributed by atoms with van der Waals surface area (Å²) in [6.07, 6.45) is 0. The Kier molecular flexibility index (Phi) is 7.72. The molecule has 0 saturated heterocycles. The predicted octanol–water partition coefficient (Wildman–Crippen LogP) is 9.42. The first kappa shape index (κ1) is 30.0. The van der Waals surface area contributed by atoms with Crippen LogP contribution < -0.4 is 31.0 Å². The van der Waals surface area contributed by atoms with Gasteiger partial charge in [-0.1, -0.05) is 0 Å². The number of benzene rings is 6. The van der Waals surface area contributed by atoms with Gasteiger partial charge in [0.25, 0.3) is 0 Å². The Hall–Kier alpha value is -3.70. The van der Waals surface area contributed by atoms with E-state index in [4.69, 9.17) is 0 Å². The Morgan fingerprint density at radius 3 is 1.22 bits per heavy atom. The van der Waals surface area contributed by atoms with E-state index in [9.17, 15) is 0 Å². The van der Waals surface area contributed by atoms with E-state index in [1.54, 1.807) is 0 Å². The van der Waals surface area contributed by atoms with Gasteiger partial charge in [0.05, 0.1) is 0 Å². The monoisotopic (exact) mass is 626 g/mol. The van der Waals surface area contributed by atoms with Crippen molar-refractivity contribution < 1.29 is 0 Å². The number of anilines is 4. The summed E-state index contributed by atoms with van der Waals surface area (Å²) >= 11 is 0. The SMILES string of the molecule is CC(C)P1c2ccccc2N(C)c2cc3ccccc3cc2[PH](C)(C(C)C)c2cc3ccccc3cc2N(C)c2ccccc21. The van der Waals surface area contributed by atoms with Crippen LogP contribution in [0.1, 0.15) is 27.7 Å². The van der Waals surface area contributed by atoms with Gasteiger partial charge < -0.3 is 0 Å². The van der Waals surface area contributed by atoms with Crippen molar-refractivity contribution in [3.63, 3.8) is 0 Å². The maximum absolute atomic E-state index is 2.62. The summed E-state index contributed by atoms with van der Waals surface area (Å²) in [6, 6.07) is 46.2. The predicted molar refractivity (Wildman–Crippen MR) is 207 cm³/mol. The summed E-state index contributed by atoms with van der Waals surface area (Å²) in [5, 5.41) is 11.1. The van der Waals surface area contributed by atoms with Crippen molar-refractivity contribution in [1.82, 2.24) is 0 Å². The molecule has 45 heavy (non-hydrogen) atoms. The van der Waals surface area contributed by atoms with Crippen LogP contribution in [0.3, 0.4) is 0 Å². The van der Waals surface area contributed by atoms with Crippen LogP contribution in [-0.2, 0) is 0 Å². The fraction of sp³-hybridized carbons (Fsp3) is 0.220. The number of nitrogens with zero attached hydrogens (tertiary/aromatic N) is 2. The van der Waals surface area contributed by atoms with E-state index in [0.29, 0.717) is 11.3 Å². The Labute approximate surface area is 270 Å². The van der Waals surface area contributed by atoms with E-state index in [1.807, 2.05) is 0 Å². The first-order chi connectivity index (χ1) is 21.7. The van der Waals surface area contributed by atoms with Crippen LogP contribution in [0.5, 0.6) is 0 Å². The maximum atomic E-state index is 2.62. The molecule has 7 rings (SSSR count). The van der Waals surface area contributed by atoms with E-state index in [0.717, 1.165) is 0 Å². The molecule has 1 aliphatic heterocycles. The first-order valence-corrected chi connectivity index (χ1v) is 20.2. The zero-order valence-corrected chi connectivity index (χ0v) is 29.4. The summed E-state index contributed by atoms with van der Waals surface area (Å²) in [6.45, 7) is 12.3. The second-order valence-electron chi connectivity index (χ2n) is 13.3. The average Bonchev–Trinajstić information content (AvgIpc) is 3.06. The van der Waals surface area contributed by atoms with Gasteiger partial charge in [-0.25, -0.2) is 0 Å². The van der Waals surface area contributed by atoms with Gasteiger partial charge in [0, 0.05) is 0 Å². The Morgan fingerprint density at radius 2 is 0.844 bits per heavy atom. The van der Waals surface area contributed by atoms with Crippen molar-refractivity contribution in [2.24, 2.45) is 0 Å². The third-order valence-electron chi connectivity index (χ3n) is 10.2. The van der Waals surface area contributed by atoms with Crippen LogP contribution in [0.15, 0.2) is 121 Å². The van der Waals surface area contributed by atoms with Gasteiger partial charge in [0.2, 0.25) is 0 Å². The second-order valence-corrected chi connectivity index (χ2v) is 20.7. The van der Waals surface area contributed by atoms with Gasteiger partial charge in [0.1, 0.15) is 0 Å². The molecule has 2 nitrogen and oxygen atoms in total. The van der Waals surface area contributed by atoms with E-state index in [1.165, 1.54) is 65.5 Å². The molecule has 228 valence electrons. The molecule has 0 atom stereocenters. The molecule has 0 amide bonds. The molecule has 0 N–H and O–H groups in total. The topological polar surface area (TPSA) is 6.48 Å². The summed E-state index contributed by atoms with van der Waals surface area (Å²) in [7, 11) is 1.54. The second kappa shape index (κ2) is 11.6. The van der Waals surface area contributed by atoms with Crippen molar-refractivity contribution in [1.29, 1.82) is 0 Å². The minimum absolute atomic E-state index is 0.459. The van der Waals surface area contributed by atoms with Gasteiger partial charge in [-0.3, -0.25) is 0 Å². The van der Waals surface area contributed by atoms with Crippen LogP contribution in [0.2, 0.25) is 0 Å². The molecule has 0 bridgehead atoms. The van der Waals surface area contributed by atoms with Gasteiger partial charge >= 0.3 is 272 Å². The quantitative estimate of drug-likeness (QED) is 0.177. The molecule has 0 aliphatic carbocycles. The molecular weight excluding hydrogens is 582 g/mol. The minimum atomic E-state index is -2.41. The summed E-state index contributed by atoms with van der Waals surface area (Å²) < 4.78 is 0. The molecule has 0 spiro atoms. The number of fused-ring (bicyclic) bond motifs is 6. The zero-order valence-electron chi connectivity index (χ0n) is 27.5. The van der Waals surface area contributed by atoms with E-state index in [2.05, 4.69) is 180 Å². The third-order valence-corrected chi connectivity index (χ3v) is 18.4. The van der Waals surface area contributed by atoms with Crippen molar-refractivity contribution >= 4 is 80.7 Å². The van der Waals surface area contributed by atoms with E-state index in [-0.39, 0.29) is 0 Å². The fourth-order valence-corrected chi connectivity index (χ4v) is 14.3. The summed E-state index contributed by atoms with van der Waals surface area (Å²) in [5.74, 6) is 0. The Balaban J connectivity index is 1.68. The van der Waals surface area contributed by atoms with Crippen LogP contribution in [-0.4, -0.2) is 32.1 Å². The van der Waals surface area contributed by atoms with Crippen LogP contribution >= 0.6 is 15.2 Å². The molecule has 0 aromatic heterocycles. The number of hydrogen-bond acceptors (Lipinski definition) is 2. The van der Waals surface area contributed by atoms with E-state index < -0.39 is 15.2 Å². The van der Waals surface area contributed by atoms with Crippen LogP contribution in [0.25, 0.3) is 21.5 Å². The molecule has 1 heterocycles. The number of para-hydroxylation sites is 2. The van der Waals surface area contributed by atoms with Crippen molar-refractivity contribution in [3.8, 4) is 0 Å². The van der Waals surface area contributed by atoms with Gasteiger partial charge in [-0.05, 0) is 0 Å². The molecule has 6 aromatic carbocycles. The molecule has 1 aliphatic rings. The molecule has 0 saturated carbocycles. The van der Waals surface area contributed by atoms with E-state index >= 15 is 0 Å². The summed E-state index contributed by atoms with van der Waals surface area (Å²) in [5.41, 5.74) is 6.21. The average molecular weight is 627 g/mol. The van der Waals surface area contributed by atoms with Crippen LogP contribution in [0, 0.1) is 0 Å². The molecule has 4 heteroatoms. The number of hydrogen-bond donors (Lipinski definition) is 0. The zero-order chi connectivity index (χ0) is 31.5. The summed E-state index contributed by atoms with van der Waals surface area (Å²) in [4.78, 5) is 5.05. The van der Waals surface area contributed by atoms with Gasteiger partial charge in [-0.15, -0.1) is 0 Å². The molecular formula is C41H44N2P2. The molecule has 0 unspecified atom stereocenters. The molecule has 0 radical (unpaired) electrons. The normalized spacial score (nSPS) is 16.9. The first-order valence-electron chi connectivity index (χ1n) is 16.2. The molecule has 0 fully saturated rings. The van der Waals surface area contributed by atoms with Crippen molar-refractivity contribution in [2.75, 3.05) is 30.6 Å². The van der Waals surface area contributed by atoms with Gasteiger partial charge in [-0.2, -0.15) is 0 Å². The van der Waals surface area contributed by atoms with Crippen molar-refractivity contribution in [3.05, 3.63) is 121 Å². The third kappa shape index (κ3) is 4.86. The standard InChI is InChI=1S/C41H44N2P2/c1-28(2)44-38-22-14-12-20-34(38)42(5)36-24-30-16-8-10-18-32(30)26-40(36)45(7,29(3)4)41-27-33-19-11-9-17-31(33)25-37(41)43(6)35-21-13-15-23-39(35)44/h8-29,45H,1-7H3. The Bertz CT molecular complexity index is 1910. The van der Waals surface area contributed by atoms with Crippen LogP contribution in [0.4, 0.5) is 22.7 Å². The molecule has 6 aromatic rings. The Morgan fingerprint density at radius 1 is 0.489 bits per heavy atom. The van der Waals surface area contributed by atoms with Crippen molar-refractivity contribution in [2.45, 2.75) is 39.0 Å². The fourth-order valence-electron chi connectivity index (χ4n) is 7.46. The number of rotatable bonds is 2. The van der Waals surface area contributed by atoms with Gasteiger partial charge in [0.15, 0.2) is 0 Å².